The number of aromatic hydroxyl groups is 1. The van der Waals surface area contributed by atoms with Crippen LogP contribution in [0.5, 0.6) is 5.75 Å². The third-order valence-electron chi connectivity index (χ3n) is 4.07. The summed E-state index contributed by atoms with van der Waals surface area (Å²) < 4.78 is 0. The van der Waals surface area contributed by atoms with Crippen LogP contribution in [0.25, 0.3) is 0 Å². The highest BCUT2D eigenvalue weighted by atomic mass is 16.3. The third-order valence-corrected chi connectivity index (χ3v) is 4.07. The summed E-state index contributed by atoms with van der Waals surface area (Å²) in [6.07, 6.45) is 4.97. The van der Waals surface area contributed by atoms with E-state index in [9.17, 15) is 9.90 Å². The Kier molecular flexibility index (Phi) is 2.54. The van der Waals surface area contributed by atoms with E-state index in [1.165, 1.54) is 25.7 Å². The van der Waals surface area contributed by atoms with Crippen molar-refractivity contribution in [1.29, 1.82) is 0 Å². The Bertz CT molecular complexity index is 432. The summed E-state index contributed by atoms with van der Waals surface area (Å²) >= 11 is 0. The van der Waals surface area contributed by atoms with Crippen molar-refractivity contribution in [2.24, 2.45) is 17.8 Å². The van der Waals surface area contributed by atoms with Crippen molar-refractivity contribution in [3.63, 3.8) is 0 Å². The van der Waals surface area contributed by atoms with Crippen LogP contribution in [0.15, 0.2) is 24.3 Å². The van der Waals surface area contributed by atoms with Gasteiger partial charge in [0.05, 0.1) is 0 Å². The summed E-state index contributed by atoms with van der Waals surface area (Å²) in [4.78, 5) is 12.1. The second-order valence-corrected chi connectivity index (χ2v) is 5.18. The fourth-order valence-electron chi connectivity index (χ4n) is 3.19. The quantitative estimate of drug-likeness (QED) is 0.822. The highest BCUT2D eigenvalue weighted by Crippen LogP contribution is 2.55. The Morgan fingerprint density at radius 2 is 1.94 bits per heavy atom. The van der Waals surface area contributed by atoms with Gasteiger partial charge >= 0.3 is 0 Å². The number of fused-ring (bicyclic) bond motifs is 1. The molecule has 0 bridgehead atoms. The third kappa shape index (κ3) is 2.02. The molecule has 0 radical (unpaired) electrons. The molecule has 3 nitrogen and oxygen atoms in total. The van der Waals surface area contributed by atoms with Crippen LogP contribution in [0, 0.1) is 17.8 Å². The van der Waals surface area contributed by atoms with Crippen LogP contribution in [0.1, 0.15) is 25.7 Å². The zero-order valence-corrected chi connectivity index (χ0v) is 9.73. The van der Waals surface area contributed by atoms with E-state index in [-0.39, 0.29) is 17.6 Å². The average molecular weight is 231 g/mol. The number of anilines is 1. The molecule has 17 heavy (non-hydrogen) atoms. The van der Waals surface area contributed by atoms with Gasteiger partial charge in [0.1, 0.15) is 5.75 Å². The van der Waals surface area contributed by atoms with E-state index in [1.54, 1.807) is 18.2 Å². The topological polar surface area (TPSA) is 49.3 Å². The van der Waals surface area contributed by atoms with Crippen molar-refractivity contribution in [3.05, 3.63) is 24.3 Å². The number of rotatable bonds is 2. The van der Waals surface area contributed by atoms with Gasteiger partial charge in [0.2, 0.25) is 5.91 Å². The molecule has 1 aromatic rings. The Labute approximate surface area is 101 Å². The maximum atomic E-state index is 12.1. The Morgan fingerprint density at radius 1 is 1.24 bits per heavy atom. The van der Waals surface area contributed by atoms with Gasteiger partial charge < -0.3 is 10.4 Å². The van der Waals surface area contributed by atoms with Gasteiger partial charge in [-0.25, -0.2) is 0 Å². The summed E-state index contributed by atoms with van der Waals surface area (Å²) in [5, 5.41) is 12.2. The fourth-order valence-corrected chi connectivity index (χ4v) is 3.19. The van der Waals surface area contributed by atoms with Crippen molar-refractivity contribution in [2.45, 2.75) is 25.7 Å². The zero-order chi connectivity index (χ0) is 11.8. The second kappa shape index (κ2) is 4.06. The van der Waals surface area contributed by atoms with Gasteiger partial charge in [0.15, 0.2) is 0 Å². The number of carbonyl (C=O) groups excluding carboxylic acids is 1. The van der Waals surface area contributed by atoms with E-state index < -0.39 is 0 Å². The minimum atomic E-state index is 0.132. The molecule has 2 aliphatic rings. The van der Waals surface area contributed by atoms with E-state index in [2.05, 4.69) is 5.32 Å². The molecule has 0 saturated heterocycles. The Morgan fingerprint density at radius 3 is 2.59 bits per heavy atom. The van der Waals surface area contributed by atoms with Gasteiger partial charge in [-0.2, -0.15) is 0 Å². The van der Waals surface area contributed by atoms with E-state index in [1.807, 2.05) is 6.07 Å². The number of hydrogen-bond donors (Lipinski definition) is 2. The van der Waals surface area contributed by atoms with Gasteiger partial charge in [-0.05, 0) is 36.8 Å². The lowest BCUT2D eigenvalue weighted by Gasteiger charge is -2.04. The normalized spacial score (nSPS) is 30.5. The standard InChI is InChI=1S/C14H17NO2/c16-10-5-3-4-9(8-10)15-14(17)13-11-6-1-2-7-12(11)13/h3-5,8,11-13,16H,1-2,6-7H2,(H,15,17). The summed E-state index contributed by atoms with van der Waals surface area (Å²) in [5.74, 6) is 1.80. The van der Waals surface area contributed by atoms with Crippen LogP contribution < -0.4 is 5.32 Å². The van der Waals surface area contributed by atoms with Crippen LogP contribution in [0.3, 0.4) is 0 Å². The monoisotopic (exact) mass is 231 g/mol. The van der Waals surface area contributed by atoms with Crippen molar-refractivity contribution in [3.8, 4) is 5.75 Å². The highest BCUT2D eigenvalue weighted by molar-refractivity contribution is 5.95. The molecule has 0 aliphatic heterocycles. The summed E-state index contributed by atoms with van der Waals surface area (Å²) in [7, 11) is 0. The van der Waals surface area contributed by atoms with Crippen LogP contribution in [0.4, 0.5) is 5.69 Å². The molecular formula is C14H17NO2. The molecule has 2 fully saturated rings. The number of phenolic OH excluding ortho intramolecular Hbond substituents is 1. The lowest BCUT2D eigenvalue weighted by Crippen LogP contribution is -2.15. The van der Waals surface area contributed by atoms with Crippen LogP contribution in [0.2, 0.25) is 0 Å². The van der Waals surface area contributed by atoms with Gasteiger partial charge in [0.25, 0.3) is 0 Å². The van der Waals surface area contributed by atoms with Crippen molar-refractivity contribution in [1.82, 2.24) is 0 Å². The Hall–Kier alpha value is -1.51. The number of carbonyl (C=O) groups is 1. The van der Waals surface area contributed by atoms with Gasteiger partial charge in [0, 0.05) is 17.7 Å². The molecule has 2 saturated carbocycles. The first-order valence-corrected chi connectivity index (χ1v) is 6.35. The largest absolute Gasteiger partial charge is 0.508 e. The van der Waals surface area contributed by atoms with Gasteiger partial charge in [-0.15, -0.1) is 0 Å². The predicted octanol–water partition coefficient (Wildman–Crippen LogP) is 2.77. The van der Waals surface area contributed by atoms with Crippen molar-refractivity contribution < 1.29 is 9.90 Å². The maximum absolute atomic E-state index is 12.1. The SMILES string of the molecule is O=C(Nc1cccc(O)c1)C1C2CCCCC21. The molecule has 2 aliphatic carbocycles. The lowest BCUT2D eigenvalue weighted by molar-refractivity contribution is -0.117. The lowest BCUT2D eigenvalue weighted by atomic mass is 10.0. The molecule has 90 valence electrons. The molecular weight excluding hydrogens is 214 g/mol. The van der Waals surface area contributed by atoms with Gasteiger partial charge in [-0.3, -0.25) is 4.79 Å². The fraction of sp³-hybridized carbons (Fsp3) is 0.500. The molecule has 3 rings (SSSR count). The molecule has 1 amide bonds. The maximum Gasteiger partial charge on any atom is 0.228 e. The average Bonchev–Trinajstić information content (AvgIpc) is 3.03. The van der Waals surface area contributed by atoms with Crippen LogP contribution >= 0.6 is 0 Å². The van der Waals surface area contributed by atoms with E-state index in [0.717, 1.165) is 0 Å². The molecule has 0 heterocycles. The molecule has 3 heteroatoms. The minimum absolute atomic E-state index is 0.132. The zero-order valence-electron chi connectivity index (χ0n) is 9.73. The number of phenols is 1. The number of nitrogens with one attached hydrogen (secondary N) is 1. The number of benzene rings is 1. The smallest absolute Gasteiger partial charge is 0.228 e. The first-order chi connectivity index (χ1) is 8.25. The molecule has 2 unspecified atom stereocenters. The first-order valence-electron chi connectivity index (χ1n) is 6.35. The second-order valence-electron chi connectivity index (χ2n) is 5.18. The molecule has 2 N–H and O–H groups in total. The molecule has 2 atom stereocenters. The van der Waals surface area contributed by atoms with E-state index in [0.29, 0.717) is 17.5 Å². The van der Waals surface area contributed by atoms with Gasteiger partial charge in [-0.1, -0.05) is 18.9 Å². The van der Waals surface area contributed by atoms with E-state index in [4.69, 9.17) is 0 Å². The molecule has 0 spiro atoms. The van der Waals surface area contributed by atoms with Crippen molar-refractivity contribution >= 4 is 11.6 Å². The summed E-state index contributed by atoms with van der Waals surface area (Å²) in [5.41, 5.74) is 0.693. The minimum Gasteiger partial charge on any atom is -0.508 e. The van der Waals surface area contributed by atoms with Crippen molar-refractivity contribution in [2.75, 3.05) is 5.32 Å². The Balaban J connectivity index is 1.64. The summed E-state index contributed by atoms with van der Waals surface area (Å²) in [6.45, 7) is 0. The van der Waals surface area contributed by atoms with Crippen LogP contribution in [-0.2, 0) is 4.79 Å². The predicted molar refractivity (Wildman–Crippen MR) is 65.7 cm³/mol. The number of hydrogen-bond acceptors (Lipinski definition) is 2. The molecule has 1 aromatic carbocycles. The number of amides is 1. The van der Waals surface area contributed by atoms with Crippen LogP contribution in [-0.4, -0.2) is 11.0 Å². The summed E-state index contributed by atoms with van der Waals surface area (Å²) in [6, 6.07) is 6.74. The first kappa shape index (κ1) is 10.6. The highest BCUT2D eigenvalue weighted by Gasteiger charge is 2.54. The van der Waals surface area contributed by atoms with E-state index >= 15 is 0 Å². The molecule has 0 aromatic heterocycles.